The van der Waals surface area contributed by atoms with Gasteiger partial charge in [-0.15, -0.1) is 11.3 Å². The number of hydrogen-bond donors (Lipinski definition) is 1. The van der Waals surface area contributed by atoms with Gasteiger partial charge in [-0.25, -0.2) is 0 Å². The molecule has 0 saturated heterocycles. The SMILES string of the molecule is O=C(NC1CCCC1)[C@@H](c1ccncc1)N(C(=O)Cc1cccs1)c1ccccc1. The predicted octanol–water partition coefficient (Wildman–Crippen LogP) is 4.52. The van der Waals surface area contributed by atoms with Crippen LogP contribution in [0.1, 0.15) is 42.2 Å². The van der Waals surface area contributed by atoms with Crippen molar-refractivity contribution in [3.05, 3.63) is 82.8 Å². The van der Waals surface area contributed by atoms with Crippen LogP contribution in [0.15, 0.2) is 72.4 Å². The first-order chi connectivity index (χ1) is 14.7. The lowest BCUT2D eigenvalue weighted by Crippen LogP contribution is -2.46. The van der Waals surface area contributed by atoms with E-state index >= 15 is 0 Å². The van der Waals surface area contributed by atoms with Crippen LogP contribution in [0.25, 0.3) is 0 Å². The van der Waals surface area contributed by atoms with Crippen LogP contribution in [0.2, 0.25) is 0 Å². The number of thiophene rings is 1. The maximum Gasteiger partial charge on any atom is 0.248 e. The van der Waals surface area contributed by atoms with Crippen LogP contribution in [-0.4, -0.2) is 22.8 Å². The van der Waals surface area contributed by atoms with Crippen molar-refractivity contribution in [3.63, 3.8) is 0 Å². The summed E-state index contributed by atoms with van der Waals surface area (Å²) in [5, 5.41) is 5.15. The molecule has 0 bridgehead atoms. The van der Waals surface area contributed by atoms with Gasteiger partial charge in [-0.1, -0.05) is 37.1 Å². The number of para-hydroxylation sites is 1. The normalized spacial score (nSPS) is 14.9. The summed E-state index contributed by atoms with van der Waals surface area (Å²) in [4.78, 5) is 33.7. The highest BCUT2D eigenvalue weighted by Crippen LogP contribution is 2.30. The average molecular weight is 420 g/mol. The molecular formula is C24H25N3O2S. The predicted molar refractivity (Wildman–Crippen MR) is 119 cm³/mol. The number of hydrogen-bond acceptors (Lipinski definition) is 4. The van der Waals surface area contributed by atoms with Crippen LogP contribution in [0, 0.1) is 0 Å². The smallest absolute Gasteiger partial charge is 0.248 e. The third kappa shape index (κ3) is 4.76. The number of aromatic nitrogens is 1. The maximum atomic E-state index is 13.5. The lowest BCUT2D eigenvalue weighted by atomic mass is 10.0. The van der Waals surface area contributed by atoms with Crippen LogP contribution in [0.4, 0.5) is 5.69 Å². The lowest BCUT2D eigenvalue weighted by molar-refractivity contribution is -0.127. The van der Waals surface area contributed by atoms with Crippen molar-refractivity contribution in [3.8, 4) is 0 Å². The summed E-state index contributed by atoms with van der Waals surface area (Å²) >= 11 is 1.55. The quantitative estimate of drug-likeness (QED) is 0.612. The topological polar surface area (TPSA) is 62.3 Å². The highest BCUT2D eigenvalue weighted by atomic mass is 32.1. The monoisotopic (exact) mass is 419 g/mol. The molecule has 1 N–H and O–H groups in total. The molecule has 1 aliphatic carbocycles. The minimum absolute atomic E-state index is 0.105. The van der Waals surface area contributed by atoms with Gasteiger partial charge in [-0.3, -0.25) is 19.5 Å². The maximum absolute atomic E-state index is 13.5. The van der Waals surface area contributed by atoms with Crippen molar-refractivity contribution < 1.29 is 9.59 Å². The molecule has 2 aromatic heterocycles. The summed E-state index contributed by atoms with van der Waals surface area (Å²) in [6.07, 6.45) is 7.82. The van der Waals surface area contributed by atoms with Crippen molar-refractivity contribution >= 4 is 28.8 Å². The molecule has 6 heteroatoms. The molecular weight excluding hydrogens is 394 g/mol. The first-order valence-corrected chi connectivity index (χ1v) is 11.2. The molecule has 5 nitrogen and oxygen atoms in total. The van der Waals surface area contributed by atoms with E-state index in [0.29, 0.717) is 5.69 Å². The molecule has 1 aromatic carbocycles. The fourth-order valence-corrected chi connectivity index (χ4v) is 4.68. The number of carbonyl (C=O) groups is 2. The molecule has 1 fully saturated rings. The Labute approximate surface area is 180 Å². The molecule has 154 valence electrons. The summed E-state index contributed by atoms with van der Waals surface area (Å²) in [7, 11) is 0. The molecule has 0 unspecified atom stereocenters. The first-order valence-electron chi connectivity index (χ1n) is 10.3. The number of amides is 2. The Morgan fingerprint density at radius 2 is 1.77 bits per heavy atom. The van der Waals surface area contributed by atoms with E-state index in [0.717, 1.165) is 36.1 Å². The Balaban J connectivity index is 1.71. The molecule has 0 spiro atoms. The van der Waals surface area contributed by atoms with Gasteiger partial charge in [0.2, 0.25) is 11.8 Å². The van der Waals surface area contributed by atoms with Gasteiger partial charge in [-0.2, -0.15) is 0 Å². The molecule has 1 saturated carbocycles. The number of nitrogens with zero attached hydrogens (tertiary/aromatic N) is 2. The van der Waals surface area contributed by atoms with Crippen LogP contribution in [-0.2, 0) is 16.0 Å². The highest BCUT2D eigenvalue weighted by Gasteiger charge is 2.34. The average Bonchev–Trinajstić information content (AvgIpc) is 3.47. The van der Waals surface area contributed by atoms with Gasteiger partial charge >= 0.3 is 0 Å². The van der Waals surface area contributed by atoms with Crippen LogP contribution < -0.4 is 10.2 Å². The summed E-state index contributed by atoms with van der Waals surface area (Å²) < 4.78 is 0. The molecule has 2 heterocycles. The Morgan fingerprint density at radius 3 is 2.43 bits per heavy atom. The van der Waals surface area contributed by atoms with Crippen LogP contribution in [0.5, 0.6) is 0 Å². The number of rotatable bonds is 7. The van der Waals surface area contributed by atoms with Gasteiger partial charge in [0, 0.05) is 29.0 Å². The van der Waals surface area contributed by atoms with Crippen molar-refractivity contribution in [2.45, 2.75) is 44.2 Å². The van der Waals surface area contributed by atoms with E-state index < -0.39 is 6.04 Å². The van der Waals surface area contributed by atoms with E-state index in [2.05, 4.69) is 10.3 Å². The standard InChI is InChI=1S/C24H25N3O2S/c28-22(17-21-11-6-16-30-21)27(20-9-2-1-3-10-20)23(18-12-14-25-15-13-18)24(29)26-19-7-4-5-8-19/h1-3,6,9-16,19,23H,4-5,7-8,17H2,(H,26,29)/t23-/m1/s1. The molecule has 1 aliphatic rings. The summed E-state index contributed by atoms with van der Waals surface area (Å²) in [6, 6.07) is 16.4. The fourth-order valence-electron chi connectivity index (χ4n) is 3.99. The Kier molecular flexibility index (Phi) is 6.54. The van der Waals surface area contributed by atoms with E-state index in [9.17, 15) is 9.59 Å². The molecule has 0 aliphatic heterocycles. The number of nitrogens with one attached hydrogen (secondary N) is 1. The van der Waals surface area contributed by atoms with E-state index in [1.54, 1.807) is 28.6 Å². The second-order valence-electron chi connectivity index (χ2n) is 7.53. The van der Waals surface area contributed by atoms with E-state index in [1.807, 2.05) is 60.0 Å². The van der Waals surface area contributed by atoms with Crippen molar-refractivity contribution in [2.24, 2.45) is 0 Å². The van der Waals surface area contributed by atoms with Gasteiger partial charge in [0.05, 0.1) is 6.42 Å². The number of carbonyl (C=O) groups excluding carboxylic acids is 2. The number of pyridine rings is 1. The molecule has 2 amide bonds. The Bertz CT molecular complexity index is 955. The Hall–Kier alpha value is -2.99. The molecule has 4 rings (SSSR count). The number of anilines is 1. The zero-order chi connectivity index (χ0) is 20.8. The molecule has 3 aromatic rings. The van der Waals surface area contributed by atoms with Gasteiger partial charge in [0.15, 0.2) is 0 Å². The first kappa shape index (κ1) is 20.3. The minimum atomic E-state index is -0.747. The number of benzene rings is 1. The highest BCUT2D eigenvalue weighted by molar-refractivity contribution is 7.10. The summed E-state index contributed by atoms with van der Waals surface area (Å²) in [5.41, 5.74) is 1.46. The fraction of sp³-hybridized carbons (Fsp3) is 0.292. The minimum Gasteiger partial charge on any atom is -0.351 e. The zero-order valence-corrected chi connectivity index (χ0v) is 17.6. The second-order valence-corrected chi connectivity index (χ2v) is 8.56. The Morgan fingerprint density at radius 1 is 1.03 bits per heavy atom. The summed E-state index contributed by atoms with van der Waals surface area (Å²) in [6.45, 7) is 0. The van der Waals surface area contributed by atoms with Gasteiger partial charge in [0.1, 0.15) is 6.04 Å². The van der Waals surface area contributed by atoms with Crippen LogP contribution >= 0.6 is 11.3 Å². The van der Waals surface area contributed by atoms with Crippen molar-refractivity contribution in [1.82, 2.24) is 10.3 Å². The third-order valence-corrected chi connectivity index (χ3v) is 6.31. The summed E-state index contributed by atoms with van der Waals surface area (Å²) in [5.74, 6) is -0.247. The van der Waals surface area contributed by atoms with Crippen LogP contribution in [0.3, 0.4) is 0 Å². The van der Waals surface area contributed by atoms with Gasteiger partial charge < -0.3 is 5.32 Å². The lowest BCUT2D eigenvalue weighted by Gasteiger charge is -2.32. The van der Waals surface area contributed by atoms with Gasteiger partial charge in [0.25, 0.3) is 0 Å². The van der Waals surface area contributed by atoms with E-state index in [1.165, 1.54) is 0 Å². The molecule has 30 heavy (non-hydrogen) atoms. The molecule has 1 atom stereocenters. The third-order valence-electron chi connectivity index (χ3n) is 5.44. The van der Waals surface area contributed by atoms with E-state index in [4.69, 9.17) is 0 Å². The van der Waals surface area contributed by atoms with Gasteiger partial charge in [-0.05, 0) is 54.1 Å². The zero-order valence-electron chi connectivity index (χ0n) is 16.7. The van der Waals surface area contributed by atoms with Crippen molar-refractivity contribution in [1.29, 1.82) is 0 Å². The largest absolute Gasteiger partial charge is 0.351 e. The van der Waals surface area contributed by atoms with Crippen molar-refractivity contribution in [2.75, 3.05) is 4.90 Å². The second kappa shape index (κ2) is 9.67. The van der Waals surface area contributed by atoms with E-state index in [-0.39, 0.29) is 24.3 Å². The molecule has 0 radical (unpaired) electrons.